The Balaban J connectivity index is 2.02. The van der Waals surface area contributed by atoms with Crippen LogP contribution in [-0.4, -0.2) is 6.54 Å². The summed E-state index contributed by atoms with van der Waals surface area (Å²) in [6.45, 7) is 4.39. The maximum Gasteiger partial charge on any atom is 0.0327 e. The molecule has 0 atom stereocenters. The third kappa shape index (κ3) is 4.58. The zero-order valence-electron chi connectivity index (χ0n) is 8.68. The molecular weight excluding hydrogens is 258 g/mol. The lowest BCUT2D eigenvalue weighted by Crippen LogP contribution is -2.13. The van der Waals surface area contributed by atoms with Crippen LogP contribution in [0.4, 0.5) is 0 Å². The highest BCUT2D eigenvalue weighted by atomic mass is 79.9. The number of thiophene rings is 1. The van der Waals surface area contributed by atoms with E-state index in [2.05, 4.69) is 39.6 Å². The summed E-state index contributed by atoms with van der Waals surface area (Å²) in [6, 6.07) is 2.11. The van der Waals surface area contributed by atoms with Gasteiger partial charge < -0.3 is 5.32 Å². The smallest absolute Gasteiger partial charge is 0.0327 e. The van der Waals surface area contributed by atoms with Crippen molar-refractivity contribution in [1.29, 1.82) is 0 Å². The first-order valence-electron chi connectivity index (χ1n) is 5.27. The molecule has 3 heteroatoms. The van der Waals surface area contributed by atoms with Crippen LogP contribution < -0.4 is 5.32 Å². The highest BCUT2D eigenvalue weighted by Gasteiger charge is 1.99. The molecule has 0 saturated carbocycles. The molecule has 1 aromatic rings. The molecule has 0 radical (unpaired) electrons. The van der Waals surface area contributed by atoms with E-state index in [0.29, 0.717) is 0 Å². The number of rotatable bonds is 7. The first-order valence-corrected chi connectivity index (χ1v) is 6.94. The van der Waals surface area contributed by atoms with E-state index in [1.54, 1.807) is 0 Å². The number of unbranched alkanes of at least 4 members (excludes halogenated alkanes) is 3. The van der Waals surface area contributed by atoms with Crippen LogP contribution in [-0.2, 0) is 6.54 Å². The lowest BCUT2D eigenvalue weighted by molar-refractivity contribution is 0.600. The van der Waals surface area contributed by atoms with E-state index in [4.69, 9.17) is 0 Å². The Bertz CT molecular complexity index is 247. The summed E-state index contributed by atoms with van der Waals surface area (Å²) in [5, 5.41) is 5.59. The molecule has 0 saturated heterocycles. The van der Waals surface area contributed by atoms with Gasteiger partial charge in [-0.15, -0.1) is 11.3 Å². The summed E-state index contributed by atoms with van der Waals surface area (Å²) in [4.78, 5) is 1.40. The predicted molar refractivity (Wildman–Crippen MR) is 67.9 cm³/mol. The molecule has 1 heterocycles. The molecule has 1 N–H and O–H groups in total. The second-order valence-electron chi connectivity index (χ2n) is 3.43. The van der Waals surface area contributed by atoms with Gasteiger partial charge in [0.15, 0.2) is 0 Å². The fourth-order valence-electron chi connectivity index (χ4n) is 1.33. The Kier molecular flexibility index (Phi) is 6.48. The average molecular weight is 276 g/mol. The maximum absolute atomic E-state index is 3.53. The minimum Gasteiger partial charge on any atom is -0.312 e. The fourth-order valence-corrected chi connectivity index (χ4v) is 2.79. The summed E-state index contributed by atoms with van der Waals surface area (Å²) in [6.07, 6.45) is 5.34. The number of hydrogen-bond donors (Lipinski definition) is 1. The molecule has 0 fully saturated rings. The van der Waals surface area contributed by atoms with Gasteiger partial charge >= 0.3 is 0 Å². The summed E-state index contributed by atoms with van der Waals surface area (Å²) in [5.74, 6) is 0. The molecule has 0 amide bonds. The highest BCUT2D eigenvalue weighted by Crippen LogP contribution is 2.21. The monoisotopic (exact) mass is 275 g/mol. The molecule has 1 rings (SSSR count). The number of hydrogen-bond acceptors (Lipinski definition) is 2. The molecule has 80 valence electrons. The molecular formula is C11H18BrNS. The van der Waals surface area contributed by atoms with Crippen molar-refractivity contribution < 1.29 is 0 Å². The van der Waals surface area contributed by atoms with Crippen LogP contribution in [0.1, 0.15) is 37.5 Å². The number of halogens is 1. The average Bonchev–Trinajstić information content (AvgIpc) is 2.58. The molecule has 0 aliphatic rings. The van der Waals surface area contributed by atoms with Gasteiger partial charge in [-0.25, -0.2) is 0 Å². The van der Waals surface area contributed by atoms with Gasteiger partial charge in [-0.3, -0.25) is 0 Å². The van der Waals surface area contributed by atoms with Crippen LogP contribution in [0.25, 0.3) is 0 Å². The molecule has 0 bridgehead atoms. The zero-order chi connectivity index (χ0) is 10.2. The molecule has 0 aliphatic heterocycles. The van der Waals surface area contributed by atoms with E-state index in [0.717, 1.165) is 13.1 Å². The van der Waals surface area contributed by atoms with Crippen LogP contribution in [0.15, 0.2) is 15.9 Å². The summed E-state index contributed by atoms with van der Waals surface area (Å²) < 4.78 is 1.24. The lowest BCUT2D eigenvalue weighted by Gasteiger charge is -2.02. The second kappa shape index (κ2) is 7.43. The Morgan fingerprint density at radius 3 is 2.86 bits per heavy atom. The predicted octanol–water partition coefficient (Wildman–Crippen LogP) is 4.18. The van der Waals surface area contributed by atoms with Crippen molar-refractivity contribution in [2.75, 3.05) is 6.54 Å². The van der Waals surface area contributed by atoms with E-state index in [9.17, 15) is 0 Å². The highest BCUT2D eigenvalue weighted by molar-refractivity contribution is 9.10. The lowest BCUT2D eigenvalue weighted by atomic mass is 10.2. The van der Waals surface area contributed by atoms with Crippen LogP contribution in [0.5, 0.6) is 0 Å². The summed E-state index contributed by atoms with van der Waals surface area (Å²) >= 11 is 5.34. The molecule has 0 spiro atoms. The first-order chi connectivity index (χ1) is 6.84. The molecule has 1 aromatic heterocycles. The minimum atomic E-state index is 1.00. The van der Waals surface area contributed by atoms with Crippen molar-refractivity contribution in [3.63, 3.8) is 0 Å². The van der Waals surface area contributed by atoms with E-state index >= 15 is 0 Å². The van der Waals surface area contributed by atoms with Crippen molar-refractivity contribution >= 4 is 27.3 Å². The quantitative estimate of drug-likeness (QED) is 0.737. The zero-order valence-corrected chi connectivity index (χ0v) is 11.1. The van der Waals surface area contributed by atoms with Crippen LogP contribution >= 0.6 is 27.3 Å². The van der Waals surface area contributed by atoms with Gasteiger partial charge in [-0.2, -0.15) is 0 Å². The van der Waals surface area contributed by atoms with Crippen LogP contribution in [0.3, 0.4) is 0 Å². The minimum absolute atomic E-state index is 1.00. The fraction of sp³-hybridized carbons (Fsp3) is 0.636. The summed E-state index contributed by atoms with van der Waals surface area (Å²) in [5.41, 5.74) is 0. The van der Waals surface area contributed by atoms with Crippen LogP contribution in [0, 0.1) is 0 Å². The first kappa shape index (κ1) is 12.2. The number of nitrogens with one attached hydrogen (secondary N) is 1. The Morgan fingerprint density at radius 2 is 2.21 bits per heavy atom. The topological polar surface area (TPSA) is 12.0 Å². The third-order valence-electron chi connectivity index (χ3n) is 2.18. The largest absolute Gasteiger partial charge is 0.312 e. The maximum atomic E-state index is 3.53. The van der Waals surface area contributed by atoms with E-state index in [1.807, 2.05) is 11.3 Å². The second-order valence-corrected chi connectivity index (χ2v) is 5.28. The van der Waals surface area contributed by atoms with Crippen molar-refractivity contribution in [3.05, 3.63) is 20.8 Å². The summed E-state index contributed by atoms with van der Waals surface area (Å²) in [7, 11) is 0. The normalized spacial score (nSPS) is 10.7. The van der Waals surface area contributed by atoms with Crippen LogP contribution in [0.2, 0.25) is 0 Å². The molecule has 1 nitrogen and oxygen atoms in total. The van der Waals surface area contributed by atoms with E-state index in [-0.39, 0.29) is 0 Å². The Labute approximate surface area is 99.0 Å². The van der Waals surface area contributed by atoms with Crippen molar-refractivity contribution in [1.82, 2.24) is 5.32 Å². The van der Waals surface area contributed by atoms with E-state index in [1.165, 1.54) is 35.0 Å². The standard InChI is InChI=1S/C11H18BrNS/c1-2-3-4-5-7-13-9-11-10(12)6-8-14-11/h6,8,13H,2-5,7,9H2,1H3. The van der Waals surface area contributed by atoms with Crippen molar-refractivity contribution in [2.45, 2.75) is 39.2 Å². The van der Waals surface area contributed by atoms with Gasteiger partial charge in [0.2, 0.25) is 0 Å². The van der Waals surface area contributed by atoms with Gasteiger partial charge in [0.05, 0.1) is 0 Å². The van der Waals surface area contributed by atoms with Gasteiger partial charge in [0, 0.05) is 15.9 Å². The van der Waals surface area contributed by atoms with Gasteiger partial charge in [0.25, 0.3) is 0 Å². The van der Waals surface area contributed by atoms with Gasteiger partial charge in [0.1, 0.15) is 0 Å². The Hall–Kier alpha value is 0.140. The van der Waals surface area contributed by atoms with Crippen molar-refractivity contribution in [3.8, 4) is 0 Å². The molecule has 0 aromatic carbocycles. The van der Waals surface area contributed by atoms with Crippen molar-refractivity contribution in [2.24, 2.45) is 0 Å². The van der Waals surface area contributed by atoms with Gasteiger partial charge in [-0.05, 0) is 40.3 Å². The SMILES string of the molecule is CCCCCCNCc1sccc1Br. The Morgan fingerprint density at radius 1 is 1.36 bits per heavy atom. The molecule has 0 unspecified atom stereocenters. The van der Waals surface area contributed by atoms with Gasteiger partial charge in [-0.1, -0.05) is 26.2 Å². The third-order valence-corrected chi connectivity index (χ3v) is 4.11. The molecule has 14 heavy (non-hydrogen) atoms. The van der Waals surface area contributed by atoms with E-state index < -0.39 is 0 Å². The molecule has 0 aliphatic carbocycles.